The van der Waals surface area contributed by atoms with Gasteiger partial charge in [-0.1, -0.05) is 19.4 Å². The van der Waals surface area contributed by atoms with E-state index in [1.54, 1.807) is 6.08 Å². The van der Waals surface area contributed by atoms with Crippen LogP contribution in [-0.2, 0) is 14.4 Å². The molecule has 0 aliphatic heterocycles. The standard InChI is InChI=1S/C21H28O5/c1-20-9-16(24)19-13(14(20)5-6-15(20)17(25)10-22)4-3-11-7-12(23)8-18(26)21(11,19)2/h7,13-15,18-19,22,26H,3-6,8-10H2,1-2H3/t13-,14-,15+,18?,19+,20-,21+/m0/s1. The summed E-state index contributed by atoms with van der Waals surface area (Å²) < 4.78 is 0. The van der Waals surface area contributed by atoms with Crippen LogP contribution in [0.25, 0.3) is 0 Å². The molecule has 0 amide bonds. The maximum Gasteiger partial charge on any atom is 0.161 e. The Morgan fingerprint density at radius 1 is 1.23 bits per heavy atom. The van der Waals surface area contributed by atoms with Gasteiger partial charge in [0.25, 0.3) is 0 Å². The Balaban J connectivity index is 1.74. The number of rotatable bonds is 2. The van der Waals surface area contributed by atoms with Gasteiger partial charge in [0.1, 0.15) is 12.4 Å². The van der Waals surface area contributed by atoms with E-state index >= 15 is 0 Å². The molecule has 4 aliphatic carbocycles. The fourth-order valence-electron chi connectivity index (χ4n) is 7.06. The molecule has 0 heterocycles. The highest BCUT2D eigenvalue weighted by Gasteiger charge is 2.64. The lowest BCUT2D eigenvalue weighted by molar-refractivity contribution is -0.156. The molecule has 0 bridgehead atoms. The molecule has 0 saturated heterocycles. The average molecular weight is 360 g/mol. The molecule has 0 aromatic carbocycles. The number of hydrogen-bond acceptors (Lipinski definition) is 5. The Morgan fingerprint density at radius 3 is 2.65 bits per heavy atom. The van der Waals surface area contributed by atoms with Crippen LogP contribution >= 0.6 is 0 Å². The van der Waals surface area contributed by atoms with Crippen molar-refractivity contribution in [3.63, 3.8) is 0 Å². The summed E-state index contributed by atoms with van der Waals surface area (Å²) in [7, 11) is 0. The summed E-state index contributed by atoms with van der Waals surface area (Å²) in [5.41, 5.74) is -0.111. The molecular weight excluding hydrogens is 332 g/mol. The molecule has 4 aliphatic rings. The molecule has 0 radical (unpaired) electrons. The van der Waals surface area contributed by atoms with Crippen LogP contribution in [0.2, 0.25) is 0 Å². The summed E-state index contributed by atoms with van der Waals surface area (Å²) in [6.07, 6.45) is 4.46. The highest BCUT2D eigenvalue weighted by molar-refractivity contribution is 5.94. The molecule has 26 heavy (non-hydrogen) atoms. The second-order valence-electron chi connectivity index (χ2n) is 9.33. The molecule has 4 rings (SSSR count). The minimum atomic E-state index is -0.813. The van der Waals surface area contributed by atoms with E-state index in [4.69, 9.17) is 0 Å². The third-order valence-corrected chi connectivity index (χ3v) is 8.31. The van der Waals surface area contributed by atoms with Gasteiger partial charge in [-0.05, 0) is 49.0 Å². The molecular formula is C21H28O5. The van der Waals surface area contributed by atoms with Crippen molar-refractivity contribution in [3.05, 3.63) is 11.6 Å². The first-order chi connectivity index (χ1) is 12.2. The number of aliphatic hydroxyl groups excluding tert-OH is 2. The molecule has 2 N–H and O–H groups in total. The van der Waals surface area contributed by atoms with Gasteiger partial charge in [-0.3, -0.25) is 14.4 Å². The van der Waals surface area contributed by atoms with Crippen LogP contribution in [0.3, 0.4) is 0 Å². The fourth-order valence-corrected chi connectivity index (χ4v) is 7.06. The predicted molar refractivity (Wildman–Crippen MR) is 94.1 cm³/mol. The summed E-state index contributed by atoms with van der Waals surface area (Å²) in [5, 5.41) is 20.1. The van der Waals surface area contributed by atoms with Crippen LogP contribution in [0.5, 0.6) is 0 Å². The van der Waals surface area contributed by atoms with E-state index in [1.165, 1.54) is 0 Å². The minimum absolute atomic E-state index is 0.0500. The Hall–Kier alpha value is -1.33. The van der Waals surface area contributed by atoms with E-state index in [2.05, 4.69) is 0 Å². The normalized spacial score (nSPS) is 47.7. The maximum absolute atomic E-state index is 13.3. The highest BCUT2D eigenvalue weighted by atomic mass is 16.3. The summed E-state index contributed by atoms with van der Waals surface area (Å²) >= 11 is 0. The van der Waals surface area contributed by atoms with Crippen molar-refractivity contribution in [1.29, 1.82) is 0 Å². The molecule has 7 atom stereocenters. The number of fused-ring (bicyclic) bond motifs is 5. The van der Waals surface area contributed by atoms with Gasteiger partial charge in [-0.15, -0.1) is 0 Å². The van der Waals surface area contributed by atoms with Crippen LogP contribution in [0.15, 0.2) is 11.6 Å². The highest BCUT2D eigenvalue weighted by Crippen LogP contribution is 2.65. The second kappa shape index (κ2) is 5.83. The van der Waals surface area contributed by atoms with Crippen molar-refractivity contribution in [3.8, 4) is 0 Å². The van der Waals surface area contributed by atoms with Gasteiger partial charge in [0.2, 0.25) is 0 Å². The quantitative estimate of drug-likeness (QED) is 0.784. The predicted octanol–water partition coefficient (Wildman–Crippen LogP) is 1.85. The molecule has 0 aromatic heterocycles. The zero-order valence-electron chi connectivity index (χ0n) is 15.5. The first-order valence-electron chi connectivity index (χ1n) is 9.81. The molecule has 0 spiro atoms. The van der Waals surface area contributed by atoms with E-state index in [-0.39, 0.29) is 52.9 Å². The van der Waals surface area contributed by atoms with Gasteiger partial charge in [0.05, 0.1) is 6.10 Å². The number of hydrogen-bond donors (Lipinski definition) is 2. The van der Waals surface area contributed by atoms with E-state index < -0.39 is 18.1 Å². The van der Waals surface area contributed by atoms with Crippen molar-refractivity contribution >= 4 is 17.3 Å². The van der Waals surface area contributed by atoms with Gasteiger partial charge in [0, 0.05) is 30.1 Å². The van der Waals surface area contributed by atoms with Crippen molar-refractivity contribution in [2.45, 2.75) is 58.5 Å². The first kappa shape index (κ1) is 18.1. The zero-order chi connectivity index (χ0) is 18.9. The molecule has 1 unspecified atom stereocenters. The smallest absolute Gasteiger partial charge is 0.161 e. The largest absolute Gasteiger partial charge is 0.392 e. The van der Waals surface area contributed by atoms with Gasteiger partial charge in [-0.2, -0.15) is 0 Å². The summed E-state index contributed by atoms with van der Waals surface area (Å²) in [5.74, 6) is -0.195. The summed E-state index contributed by atoms with van der Waals surface area (Å²) in [6.45, 7) is 3.55. The second-order valence-corrected chi connectivity index (χ2v) is 9.33. The number of carbonyl (C=O) groups is 3. The van der Waals surface area contributed by atoms with E-state index in [1.807, 2.05) is 13.8 Å². The van der Waals surface area contributed by atoms with Crippen LogP contribution in [0, 0.1) is 34.5 Å². The Bertz CT molecular complexity index is 709. The number of Topliss-reactive ketones (excluding diaryl/α,β-unsaturated/α-hetero) is 2. The van der Waals surface area contributed by atoms with Crippen LogP contribution in [-0.4, -0.2) is 40.3 Å². The lowest BCUT2D eigenvalue weighted by Crippen LogP contribution is -2.59. The number of carbonyl (C=O) groups excluding carboxylic acids is 3. The third kappa shape index (κ3) is 2.19. The fraction of sp³-hybridized carbons (Fsp3) is 0.762. The van der Waals surface area contributed by atoms with Crippen molar-refractivity contribution in [2.75, 3.05) is 6.61 Å². The molecule has 5 nitrogen and oxygen atoms in total. The lowest BCUT2D eigenvalue weighted by atomic mass is 9.45. The van der Waals surface area contributed by atoms with Crippen molar-refractivity contribution in [2.24, 2.45) is 34.5 Å². The summed E-state index contributed by atoms with van der Waals surface area (Å²) in [4.78, 5) is 37.5. The molecule has 142 valence electrons. The SMILES string of the molecule is C[C@]12CC(=O)[C@H]3[C@@H](CCC4=CC(=O)CC(O)[C@@]43C)[C@@H]1CC[C@@H]2C(=O)CO. The van der Waals surface area contributed by atoms with Gasteiger partial charge >= 0.3 is 0 Å². The topological polar surface area (TPSA) is 91.7 Å². The molecule has 3 fully saturated rings. The minimum Gasteiger partial charge on any atom is -0.392 e. The molecule has 3 saturated carbocycles. The average Bonchev–Trinajstić information content (AvgIpc) is 2.92. The van der Waals surface area contributed by atoms with Crippen LogP contribution in [0.1, 0.15) is 52.4 Å². The van der Waals surface area contributed by atoms with E-state index in [0.29, 0.717) is 6.42 Å². The zero-order valence-corrected chi connectivity index (χ0v) is 15.5. The van der Waals surface area contributed by atoms with Crippen molar-refractivity contribution in [1.82, 2.24) is 0 Å². The van der Waals surface area contributed by atoms with Crippen molar-refractivity contribution < 1.29 is 24.6 Å². The van der Waals surface area contributed by atoms with Gasteiger partial charge in [0.15, 0.2) is 11.6 Å². The van der Waals surface area contributed by atoms with Crippen LogP contribution < -0.4 is 0 Å². The first-order valence-corrected chi connectivity index (χ1v) is 9.81. The lowest BCUT2D eigenvalue weighted by Gasteiger charge is -2.58. The summed E-state index contributed by atoms with van der Waals surface area (Å²) in [6, 6.07) is 0. The Morgan fingerprint density at radius 2 is 1.96 bits per heavy atom. The number of aliphatic hydroxyl groups is 2. The Labute approximate surface area is 153 Å². The third-order valence-electron chi connectivity index (χ3n) is 8.31. The van der Waals surface area contributed by atoms with E-state index in [0.717, 1.165) is 31.3 Å². The molecule has 0 aromatic rings. The van der Waals surface area contributed by atoms with Gasteiger partial charge < -0.3 is 10.2 Å². The monoisotopic (exact) mass is 360 g/mol. The molecule has 5 heteroatoms. The maximum atomic E-state index is 13.3. The van der Waals surface area contributed by atoms with E-state index in [9.17, 15) is 24.6 Å². The van der Waals surface area contributed by atoms with Gasteiger partial charge in [-0.25, -0.2) is 0 Å². The van der Waals surface area contributed by atoms with Crippen LogP contribution in [0.4, 0.5) is 0 Å². The number of ketones is 3. The Kier molecular flexibility index (Phi) is 4.05.